The first-order chi connectivity index (χ1) is 11.2. The van der Waals surface area contributed by atoms with Gasteiger partial charge in [0, 0.05) is 6.54 Å². The van der Waals surface area contributed by atoms with Crippen LogP contribution in [0.4, 0.5) is 5.69 Å². The molecule has 0 radical (unpaired) electrons. The highest BCUT2D eigenvalue weighted by molar-refractivity contribution is 7.73. The number of nitrogens with two attached hydrogens (primary N) is 1. The lowest BCUT2D eigenvalue weighted by Crippen LogP contribution is -2.41. The van der Waals surface area contributed by atoms with Gasteiger partial charge >= 0.3 is 0 Å². The second-order valence-electron chi connectivity index (χ2n) is 5.89. The summed E-state index contributed by atoms with van der Waals surface area (Å²) < 4.78 is 29.6. The van der Waals surface area contributed by atoms with E-state index in [4.69, 9.17) is 15.9 Å². The van der Waals surface area contributed by atoms with Crippen LogP contribution < -0.4 is 20.5 Å². The second kappa shape index (κ2) is 8.53. The summed E-state index contributed by atoms with van der Waals surface area (Å²) in [6.45, 7) is 6.07. The molecule has 5 N–H and O–H groups in total. The fourth-order valence-electron chi connectivity index (χ4n) is 1.92. The molecule has 1 aromatic rings. The van der Waals surface area contributed by atoms with E-state index in [0.29, 0.717) is 6.54 Å². The molecule has 0 bridgehead atoms. The van der Waals surface area contributed by atoms with Gasteiger partial charge in [-0.2, -0.15) is 0 Å². The van der Waals surface area contributed by atoms with E-state index in [1.807, 2.05) is 6.92 Å². The van der Waals surface area contributed by atoms with Crippen molar-refractivity contribution in [3.05, 3.63) is 23.8 Å². The van der Waals surface area contributed by atoms with E-state index in [1.165, 1.54) is 6.07 Å². The third kappa shape index (κ3) is 5.41. The summed E-state index contributed by atoms with van der Waals surface area (Å²) in [5, 5.41) is 10.5. The normalized spacial score (nSPS) is 11.2. The largest absolute Gasteiger partial charge is 0.492 e. The van der Waals surface area contributed by atoms with E-state index in [2.05, 4.69) is 10.0 Å². The number of amides is 1. The molecule has 1 amide bonds. The van der Waals surface area contributed by atoms with Gasteiger partial charge in [-0.25, -0.2) is 8.42 Å². The van der Waals surface area contributed by atoms with Crippen molar-refractivity contribution in [1.29, 1.82) is 5.41 Å². The molecule has 0 unspecified atom stereocenters. The van der Waals surface area contributed by atoms with Gasteiger partial charge in [0.2, 0.25) is 16.8 Å². The Labute approximate surface area is 143 Å². The molecule has 0 saturated carbocycles. The summed E-state index contributed by atoms with van der Waals surface area (Å²) in [4.78, 5) is 12.1. The Morgan fingerprint density at radius 3 is 2.58 bits per heavy atom. The molecule has 24 heavy (non-hydrogen) atoms. The maximum atomic E-state index is 12.1. The minimum atomic E-state index is -2.90. The molecule has 0 saturated heterocycles. The first kappa shape index (κ1) is 19.8. The number of rotatable bonds is 9. The third-order valence-electron chi connectivity index (χ3n) is 3.25. The van der Waals surface area contributed by atoms with Gasteiger partial charge in [0.15, 0.2) is 0 Å². The molecule has 1 rings (SSSR count). The van der Waals surface area contributed by atoms with Crippen LogP contribution in [0.25, 0.3) is 0 Å². The van der Waals surface area contributed by atoms with Gasteiger partial charge in [-0.1, -0.05) is 13.0 Å². The highest BCUT2D eigenvalue weighted by Gasteiger charge is 2.29. The van der Waals surface area contributed by atoms with Gasteiger partial charge in [-0.05, 0) is 32.4 Å². The Morgan fingerprint density at radius 2 is 2.04 bits per heavy atom. The molecule has 0 fully saturated rings. The summed E-state index contributed by atoms with van der Waals surface area (Å²) in [5.41, 5.74) is 5.04. The smallest absolute Gasteiger partial charge is 0.229 e. The van der Waals surface area contributed by atoms with Crippen molar-refractivity contribution in [2.24, 2.45) is 11.1 Å². The van der Waals surface area contributed by atoms with E-state index in [9.17, 15) is 13.2 Å². The Kier molecular flexibility index (Phi) is 7.02. The number of carbonyl (C=O) groups is 1. The molecule has 8 nitrogen and oxygen atoms in total. The van der Waals surface area contributed by atoms with Crippen molar-refractivity contribution in [2.75, 3.05) is 17.9 Å². The summed E-state index contributed by atoms with van der Waals surface area (Å²) in [6, 6.07) is 4.63. The molecule has 0 aromatic heterocycles. The zero-order valence-corrected chi connectivity index (χ0v) is 14.9. The zero-order chi connectivity index (χ0) is 18.3. The number of benzene rings is 1. The summed E-state index contributed by atoms with van der Waals surface area (Å²) >= 11 is 0. The van der Waals surface area contributed by atoms with Crippen molar-refractivity contribution in [3.8, 4) is 5.75 Å². The number of thiol groups is 1. The van der Waals surface area contributed by atoms with Gasteiger partial charge in [0.1, 0.15) is 18.2 Å². The van der Waals surface area contributed by atoms with Crippen LogP contribution in [-0.4, -0.2) is 33.3 Å². The van der Waals surface area contributed by atoms with Gasteiger partial charge < -0.3 is 15.8 Å². The van der Waals surface area contributed by atoms with Crippen molar-refractivity contribution in [2.45, 2.75) is 27.2 Å². The van der Waals surface area contributed by atoms with Crippen LogP contribution in [0.15, 0.2) is 18.2 Å². The van der Waals surface area contributed by atoms with Crippen LogP contribution in [0.2, 0.25) is 0 Å². The standard InChI is InChI=1S/C15H24N4O4S/c1-4-8-18-14(20)15(2,3)9-23-11-7-5-6-10(19-24(21)22)12(11)13(16)17/h5-7,24H,4,8-9H2,1-3H3,(H3,16,17)(H,18,20)(H,19,21,22). The van der Waals surface area contributed by atoms with Crippen LogP contribution in [-0.2, 0) is 15.7 Å². The zero-order valence-electron chi connectivity index (χ0n) is 14.0. The van der Waals surface area contributed by atoms with Crippen LogP contribution in [0.3, 0.4) is 0 Å². The molecule has 0 heterocycles. The SMILES string of the molecule is CCCNC(=O)C(C)(C)COc1cccc(N[SH](=O)=O)c1C(=N)N. The molecule has 9 heteroatoms. The molecular weight excluding hydrogens is 332 g/mol. The van der Waals surface area contributed by atoms with E-state index in [1.54, 1.807) is 26.0 Å². The molecular formula is C15H24N4O4S. The number of nitrogen functional groups attached to an aromatic ring is 1. The maximum absolute atomic E-state index is 12.1. The monoisotopic (exact) mass is 356 g/mol. The quantitative estimate of drug-likeness (QED) is 0.254. The topological polar surface area (TPSA) is 134 Å². The minimum Gasteiger partial charge on any atom is -0.492 e. The molecule has 0 aliphatic rings. The van der Waals surface area contributed by atoms with Crippen LogP contribution in [0.1, 0.15) is 32.8 Å². The third-order valence-corrected chi connectivity index (χ3v) is 3.67. The molecule has 0 aliphatic heterocycles. The van der Waals surface area contributed by atoms with Gasteiger partial charge in [0.25, 0.3) is 0 Å². The lowest BCUT2D eigenvalue weighted by atomic mass is 9.93. The van der Waals surface area contributed by atoms with Crippen molar-refractivity contribution < 1.29 is 17.9 Å². The first-order valence-electron chi connectivity index (χ1n) is 7.48. The number of anilines is 1. The fourth-order valence-corrected chi connectivity index (χ4v) is 2.31. The van der Waals surface area contributed by atoms with E-state index in [0.717, 1.165) is 6.42 Å². The summed E-state index contributed by atoms with van der Waals surface area (Å²) in [6.07, 6.45) is 0.832. The molecule has 1 aromatic carbocycles. The number of nitrogens with one attached hydrogen (secondary N) is 3. The van der Waals surface area contributed by atoms with E-state index < -0.39 is 16.3 Å². The number of carbonyl (C=O) groups excluding carboxylic acids is 1. The van der Waals surface area contributed by atoms with E-state index in [-0.39, 0.29) is 35.4 Å². The Bertz CT molecular complexity index is 678. The summed E-state index contributed by atoms with van der Waals surface area (Å²) in [5.74, 6) is -0.246. The predicted molar refractivity (Wildman–Crippen MR) is 94.0 cm³/mol. The number of hydrogen-bond acceptors (Lipinski definition) is 5. The van der Waals surface area contributed by atoms with Crippen LogP contribution >= 0.6 is 0 Å². The Morgan fingerprint density at radius 1 is 1.38 bits per heavy atom. The first-order valence-corrected chi connectivity index (χ1v) is 8.66. The maximum Gasteiger partial charge on any atom is 0.229 e. The van der Waals surface area contributed by atoms with Crippen LogP contribution in [0.5, 0.6) is 5.75 Å². The lowest BCUT2D eigenvalue weighted by Gasteiger charge is -2.24. The average Bonchev–Trinajstić information content (AvgIpc) is 2.49. The van der Waals surface area contributed by atoms with Crippen molar-refractivity contribution >= 4 is 28.3 Å². The van der Waals surface area contributed by atoms with E-state index >= 15 is 0 Å². The highest BCUT2D eigenvalue weighted by Crippen LogP contribution is 2.28. The Balaban J connectivity index is 2.98. The van der Waals surface area contributed by atoms with Gasteiger partial charge in [-0.3, -0.25) is 14.9 Å². The molecule has 134 valence electrons. The minimum absolute atomic E-state index is 0.0514. The average molecular weight is 356 g/mol. The fraction of sp³-hybridized carbons (Fsp3) is 0.467. The highest BCUT2D eigenvalue weighted by atomic mass is 32.2. The number of hydrogen-bond donors (Lipinski definition) is 5. The molecule has 0 spiro atoms. The predicted octanol–water partition coefficient (Wildman–Crippen LogP) is 0.840. The van der Waals surface area contributed by atoms with Crippen LogP contribution in [0, 0.1) is 10.8 Å². The van der Waals surface area contributed by atoms with Gasteiger partial charge in [-0.15, -0.1) is 0 Å². The summed E-state index contributed by atoms with van der Waals surface area (Å²) in [7, 11) is -2.90. The number of amidine groups is 1. The van der Waals surface area contributed by atoms with Gasteiger partial charge in [0.05, 0.1) is 16.7 Å². The Hall–Kier alpha value is -2.29. The van der Waals surface area contributed by atoms with Crippen molar-refractivity contribution in [3.63, 3.8) is 0 Å². The lowest BCUT2D eigenvalue weighted by molar-refractivity contribution is -0.130. The molecule has 0 atom stereocenters. The van der Waals surface area contributed by atoms with Crippen molar-refractivity contribution in [1.82, 2.24) is 5.32 Å². The molecule has 0 aliphatic carbocycles. The second-order valence-corrected chi connectivity index (χ2v) is 6.63. The number of ether oxygens (including phenoxy) is 1.